The topological polar surface area (TPSA) is 61.0 Å². The third kappa shape index (κ3) is 3.15. The minimum Gasteiger partial charge on any atom is -0.484 e. The van der Waals surface area contributed by atoms with Crippen molar-refractivity contribution in [2.45, 2.75) is 6.61 Å². The second-order valence-corrected chi connectivity index (χ2v) is 4.31. The van der Waals surface area contributed by atoms with Crippen molar-refractivity contribution in [1.82, 2.24) is 9.97 Å². The number of nitrogens with two attached hydrogens (primary N) is 1. The molecule has 4 nitrogen and oxygen atoms in total. The molecule has 6 heteroatoms. The zero-order valence-electron chi connectivity index (χ0n) is 9.34. The monoisotopic (exact) mass is 279 g/mol. The highest BCUT2D eigenvalue weighted by atomic mass is 35.5. The first-order valence-corrected chi connectivity index (χ1v) is 5.93. The maximum absolute atomic E-state index is 6.06. The number of hydrogen-bond donors (Lipinski definition) is 1. The fourth-order valence-corrected chi connectivity index (χ4v) is 1.68. The molecule has 0 radical (unpaired) electrons. The summed E-state index contributed by atoms with van der Waals surface area (Å²) in [7, 11) is 0. The van der Waals surface area contributed by atoms with Crippen LogP contribution in [0.25, 0.3) is 0 Å². The van der Waals surface area contributed by atoms with E-state index < -0.39 is 0 Å². The molecule has 0 atom stereocenters. The van der Waals surface area contributed by atoms with Crippen LogP contribution in [0.1, 0.15) is 11.4 Å². The van der Waals surface area contributed by atoms with Gasteiger partial charge in [0.1, 0.15) is 17.3 Å². The Kier molecular flexibility index (Phi) is 4.07. The van der Waals surface area contributed by atoms with Crippen molar-refractivity contribution >= 4 is 28.8 Å². The maximum Gasteiger partial charge on any atom is 0.166 e. The van der Waals surface area contributed by atoms with Gasteiger partial charge in [0, 0.05) is 18.0 Å². The van der Waals surface area contributed by atoms with Gasteiger partial charge in [-0.25, -0.2) is 9.97 Å². The zero-order chi connectivity index (χ0) is 13.0. The van der Waals surface area contributed by atoms with E-state index in [2.05, 4.69) is 9.97 Å². The third-order valence-corrected chi connectivity index (χ3v) is 2.72. The highest BCUT2D eigenvalue weighted by Gasteiger charge is 2.05. The van der Waals surface area contributed by atoms with Crippen LogP contribution in [0.3, 0.4) is 0 Å². The Balaban J connectivity index is 2.08. The van der Waals surface area contributed by atoms with Gasteiger partial charge in [0.25, 0.3) is 0 Å². The Hall–Kier alpha value is -1.72. The van der Waals surface area contributed by atoms with Crippen LogP contribution >= 0.6 is 23.8 Å². The molecule has 1 aromatic heterocycles. The number of nitrogens with zero attached hydrogens (tertiary/aromatic N) is 2. The molecule has 0 spiro atoms. The van der Waals surface area contributed by atoms with Gasteiger partial charge < -0.3 is 10.5 Å². The van der Waals surface area contributed by atoms with Gasteiger partial charge in [-0.3, -0.25) is 0 Å². The molecule has 0 unspecified atom stereocenters. The van der Waals surface area contributed by atoms with Crippen LogP contribution in [0, 0.1) is 0 Å². The fourth-order valence-electron chi connectivity index (χ4n) is 1.32. The van der Waals surface area contributed by atoms with Gasteiger partial charge in [0.05, 0.1) is 5.02 Å². The van der Waals surface area contributed by atoms with E-state index in [0.29, 0.717) is 27.1 Å². The Morgan fingerprint density at radius 3 is 2.67 bits per heavy atom. The largest absolute Gasteiger partial charge is 0.484 e. The quantitative estimate of drug-likeness (QED) is 0.871. The molecule has 0 aliphatic heterocycles. The second-order valence-electron chi connectivity index (χ2n) is 3.46. The first kappa shape index (κ1) is 12.7. The van der Waals surface area contributed by atoms with E-state index in [1.165, 1.54) is 0 Å². The molecule has 2 aromatic rings. The summed E-state index contributed by atoms with van der Waals surface area (Å²) in [6, 6.07) is 6.90. The van der Waals surface area contributed by atoms with E-state index in [4.69, 9.17) is 34.3 Å². The van der Waals surface area contributed by atoms with Crippen molar-refractivity contribution in [3.8, 4) is 5.75 Å². The normalized spacial score (nSPS) is 10.1. The van der Waals surface area contributed by atoms with E-state index in [1.54, 1.807) is 36.7 Å². The number of aromatic nitrogens is 2. The molecule has 2 rings (SSSR count). The van der Waals surface area contributed by atoms with Crippen molar-refractivity contribution < 1.29 is 4.74 Å². The lowest BCUT2D eigenvalue weighted by molar-refractivity contribution is 0.296. The summed E-state index contributed by atoms with van der Waals surface area (Å²) >= 11 is 10.9. The molecule has 1 heterocycles. The van der Waals surface area contributed by atoms with Crippen molar-refractivity contribution in [3.63, 3.8) is 0 Å². The maximum atomic E-state index is 6.06. The number of ether oxygens (including phenoxy) is 1. The number of thiocarbonyl (C=S) groups is 1. The average Bonchev–Trinajstić information content (AvgIpc) is 2.38. The molecule has 0 saturated carbocycles. The van der Waals surface area contributed by atoms with Crippen molar-refractivity contribution in [3.05, 3.63) is 53.1 Å². The summed E-state index contributed by atoms with van der Waals surface area (Å²) in [4.78, 5) is 8.40. The minimum absolute atomic E-state index is 0.257. The summed E-state index contributed by atoms with van der Waals surface area (Å²) in [5.74, 6) is 1.14. The molecule has 0 aliphatic carbocycles. The molecular formula is C12H10ClN3OS. The zero-order valence-corrected chi connectivity index (χ0v) is 10.9. The van der Waals surface area contributed by atoms with E-state index in [-0.39, 0.29) is 6.61 Å². The standard InChI is InChI=1S/C12H10ClN3OS/c13-9-6-8(12(14)18)2-3-10(9)17-7-11-15-4-1-5-16-11/h1-6H,7H2,(H2,14,18). The molecule has 0 saturated heterocycles. The van der Waals surface area contributed by atoms with Crippen LogP contribution in [-0.2, 0) is 6.61 Å². The van der Waals surface area contributed by atoms with E-state index in [9.17, 15) is 0 Å². The van der Waals surface area contributed by atoms with Gasteiger partial charge in [-0.1, -0.05) is 23.8 Å². The van der Waals surface area contributed by atoms with Crippen LogP contribution in [0.15, 0.2) is 36.7 Å². The summed E-state index contributed by atoms with van der Waals surface area (Å²) < 4.78 is 5.52. The SMILES string of the molecule is NC(=S)c1ccc(OCc2ncccn2)c(Cl)c1. The molecule has 0 fully saturated rings. The predicted octanol–water partition coefficient (Wildman–Crippen LogP) is 2.34. The van der Waals surface area contributed by atoms with Gasteiger partial charge >= 0.3 is 0 Å². The highest BCUT2D eigenvalue weighted by molar-refractivity contribution is 7.80. The smallest absolute Gasteiger partial charge is 0.166 e. The molecule has 92 valence electrons. The van der Waals surface area contributed by atoms with Crippen LogP contribution in [-0.4, -0.2) is 15.0 Å². The minimum atomic E-state index is 0.257. The average molecular weight is 280 g/mol. The Bertz CT molecular complexity index is 563. The van der Waals surface area contributed by atoms with Crippen LogP contribution in [0.4, 0.5) is 0 Å². The molecule has 0 amide bonds. The highest BCUT2D eigenvalue weighted by Crippen LogP contribution is 2.25. The summed E-state index contributed by atoms with van der Waals surface area (Å²) in [5.41, 5.74) is 6.22. The van der Waals surface area contributed by atoms with Gasteiger partial charge in [0.15, 0.2) is 5.82 Å². The molecule has 2 N–H and O–H groups in total. The van der Waals surface area contributed by atoms with Gasteiger partial charge in [-0.05, 0) is 24.3 Å². The van der Waals surface area contributed by atoms with Gasteiger partial charge in [0.2, 0.25) is 0 Å². The van der Waals surface area contributed by atoms with Crippen molar-refractivity contribution in [2.24, 2.45) is 5.73 Å². The molecule has 0 bridgehead atoms. The first-order chi connectivity index (χ1) is 8.66. The number of benzene rings is 1. The van der Waals surface area contributed by atoms with Crippen molar-refractivity contribution in [1.29, 1.82) is 0 Å². The van der Waals surface area contributed by atoms with E-state index in [1.807, 2.05) is 0 Å². The lowest BCUT2D eigenvalue weighted by Crippen LogP contribution is -2.09. The molecular weight excluding hydrogens is 270 g/mol. The first-order valence-electron chi connectivity index (χ1n) is 5.15. The van der Waals surface area contributed by atoms with Crippen molar-refractivity contribution in [2.75, 3.05) is 0 Å². The Morgan fingerprint density at radius 1 is 1.33 bits per heavy atom. The molecule has 18 heavy (non-hydrogen) atoms. The Labute approximate surface area is 115 Å². The fraction of sp³-hybridized carbons (Fsp3) is 0.0833. The van der Waals surface area contributed by atoms with Crippen LogP contribution in [0.5, 0.6) is 5.75 Å². The second kappa shape index (κ2) is 5.75. The molecule has 1 aromatic carbocycles. The molecule has 0 aliphatic rings. The Morgan fingerprint density at radius 2 is 2.06 bits per heavy atom. The van der Waals surface area contributed by atoms with Gasteiger partial charge in [-0.2, -0.15) is 0 Å². The summed E-state index contributed by atoms with van der Waals surface area (Å²) in [5, 5.41) is 0.455. The number of hydrogen-bond acceptors (Lipinski definition) is 4. The summed E-state index contributed by atoms with van der Waals surface area (Å²) in [6.45, 7) is 0.257. The lowest BCUT2D eigenvalue weighted by atomic mass is 10.2. The van der Waals surface area contributed by atoms with E-state index >= 15 is 0 Å². The van der Waals surface area contributed by atoms with Crippen LogP contribution < -0.4 is 10.5 Å². The van der Waals surface area contributed by atoms with E-state index in [0.717, 1.165) is 0 Å². The predicted molar refractivity (Wildman–Crippen MR) is 73.7 cm³/mol. The van der Waals surface area contributed by atoms with Gasteiger partial charge in [-0.15, -0.1) is 0 Å². The lowest BCUT2D eigenvalue weighted by Gasteiger charge is -2.08. The summed E-state index contributed by atoms with van der Waals surface area (Å²) in [6.07, 6.45) is 3.31. The number of halogens is 1. The number of rotatable bonds is 4. The third-order valence-electron chi connectivity index (χ3n) is 2.19. The van der Waals surface area contributed by atoms with Crippen LogP contribution in [0.2, 0.25) is 5.02 Å².